The highest BCUT2D eigenvalue weighted by molar-refractivity contribution is 5.94. The van der Waals surface area contributed by atoms with Crippen LogP contribution in [-0.2, 0) is 4.74 Å². The highest BCUT2D eigenvalue weighted by Gasteiger charge is 2.21. The van der Waals surface area contributed by atoms with Crippen LogP contribution in [0.15, 0.2) is 48.5 Å². The van der Waals surface area contributed by atoms with E-state index >= 15 is 0 Å². The summed E-state index contributed by atoms with van der Waals surface area (Å²) in [5.41, 5.74) is 2.00. The van der Waals surface area contributed by atoms with Gasteiger partial charge in [0.05, 0.1) is 17.6 Å². The molecule has 3 rings (SSSR count). The largest absolute Gasteiger partial charge is 0.371 e. The van der Waals surface area contributed by atoms with Gasteiger partial charge in [-0.3, -0.25) is 19.8 Å². The van der Waals surface area contributed by atoms with Crippen molar-refractivity contribution < 1.29 is 14.5 Å². The van der Waals surface area contributed by atoms with Crippen LogP contribution in [0.3, 0.4) is 0 Å². The minimum absolute atomic E-state index is 0.0343. The van der Waals surface area contributed by atoms with Crippen LogP contribution in [0.2, 0.25) is 0 Å². The number of amides is 1. The second-order valence-electron chi connectivity index (χ2n) is 6.94. The molecule has 28 heavy (non-hydrogen) atoms. The molecule has 0 aromatic heterocycles. The van der Waals surface area contributed by atoms with E-state index in [0.717, 1.165) is 26.1 Å². The summed E-state index contributed by atoms with van der Waals surface area (Å²) in [6.45, 7) is 5.45. The van der Waals surface area contributed by atoms with Gasteiger partial charge in [-0.05, 0) is 25.0 Å². The molecule has 1 aliphatic heterocycles. The maximum atomic E-state index is 12.3. The number of ether oxygens (including phenoxy) is 1. The molecule has 0 bridgehead atoms. The van der Waals surface area contributed by atoms with E-state index in [1.54, 1.807) is 19.1 Å². The molecule has 0 spiro atoms. The Balaban J connectivity index is 1.45. The van der Waals surface area contributed by atoms with Crippen molar-refractivity contribution in [2.75, 3.05) is 32.8 Å². The van der Waals surface area contributed by atoms with Crippen molar-refractivity contribution in [2.24, 2.45) is 0 Å². The van der Waals surface area contributed by atoms with Crippen LogP contribution in [0, 0.1) is 17.0 Å². The van der Waals surface area contributed by atoms with E-state index in [4.69, 9.17) is 4.74 Å². The van der Waals surface area contributed by atoms with Crippen molar-refractivity contribution in [2.45, 2.75) is 19.4 Å². The molecule has 2 aromatic rings. The smallest absolute Gasteiger partial charge is 0.273 e. The summed E-state index contributed by atoms with van der Waals surface area (Å²) in [6, 6.07) is 14.7. The normalized spacial score (nSPS) is 17.2. The van der Waals surface area contributed by atoms with Gasteiger partial charge in [0.1, 0.15) is 0 Å². The number of hydrogen-bond donors (Lipinski definition) is 1. The van der Waals surface area contributed by atoms with Crippen molar-refractivity contribution in [3.8, 4) is 0 Å². The monoisotopic (exact) mass is 383 g/mol. The van der Waals surface area contributed by atoms with Crippen molar-refractivity contribution in [1.82, 2.24) is 10.2 Å². The zero-order valence-corrected chi connectivity index (χ0v) is 16.0. The molecule has 1 heterocycles. The average molecular weight is 383 g/mol. The second-order valence-corrected chi connectivity index (χ2v) is 6.94. The van der Waals surface area contributed by atoms with E-state index in [0.29, 0.717) is 24.3 Å². The first-order valence-electron chi connectivity index (χ1n) is 9.47. The van der Waals surface area contributed by atoms with Gasteiger partial charge in [0, 0.05) is 43.4 Å². The molecular weight excluding hydrogens is 358 g/mol. The second kappa shape index (κ2) is 9.43. The molecule has 1 amide bonds. The van der Waals surface area contributed by atoms with Gasteiger partial charge in [-0.25, -0.2) is 0 Å². The number of carbonyl (C=O) groups excluding carboxylic acids is 1. The van der Waals surface area contributed by atoms with Crippen molar-refractivity contribution in [1.29, 1.82) is 0 Å². The molecule has 7 heteroatoms. The van der Waals surface area contributed by atoms with E-state index < -0.39 is 4.92 Å². The van der Waals surface area contributed by atoms with Crippen molar-refractivity contribution >= 4 is 11.6 Å². The Morgan fingerprint density at radius 3 is 2.82 bits per heavy atom. The number of nitro benzene ring substituents is 1. The molecule has 7 nitrogen and oxygen atoms in total. The number of nitrogens with one attached hydrogen (secondary N) is 1. The molecule has 1 atom stereocenters. The predicted molar refractivity (Wildman–Crippen MR) is 106 cm³/mol. The highest BCUT2D eigenvalue weighted by atomic mass is 16.6. The molecular formula is C21H25N3O4. The van der Waals surface area contributed by atoms with Gasteiger partial charge in [-0.2, -0.15) is 0 Å². The fourth-order valence-corrected chi connectivity index (χ4v) is 3.33. The number of nitro groups is 1. The zero-order valence-electron chi connectivity index (χ0n) is 16.0. The summed E-state index contributed by atoms with van der Waals surface area (Å²) in [4.78, 5) is 25.1. The van der Waals surface area contributed by atoms with Gasteiger partial charge >= 0.3 is 0 Å². The molecule has 1 N–H and O–H groups in total. The Labute approximate surface area is 164 Å². The van der Waals surface area contributed by atoms with Gasteiger partial charge in [0.25, 0.3) is 11.6 Å². The van der Waals surface area contributed by atoms with E-state index in [9.17, 15) is 14.9 Å². The molecule has 0 radical (unpaired) electrons. The summed E-state index contributed by atoms with van der Waals surface area (Å²) in [5, 5.41) is 13.9. The lowest BCUT2D eigenvalue weighted by Gasteiger charge is -2.33. The Bertz CT molecular complexity index is 826. The third-order valence-electron chi connectivity index (χ3n) is 4.93. The number of rotatable bonds is 7. The number of nitrogens with zero attached hydrogens (tertiary/aromatic N) is 2. The standard InChI is InChI=1S/C21H25N3O4/c1-16-8-9-18(14-19(16)24(26)27)21(25)22-10-5-11-23-12-13-28-20(15-23)17-6-3-2-4-7-17/h2-4,6-9,14,20H,5,10-13,15H2,1H3,(H,22,25). The minimum atomic E-state index is -0.465. The van der Waals surface area contributed by atoms with Crippen molar-refractivity contribution in [3.63, 3.8) is 0 Å². The molecule has 0 aliphatic carbocycles. The number of aryl methyl sites for hydroxylation is 1. The van der Waals surface area contributed by atoms with Crippen LogP contribution < -0.4 is 5.32 Å². The maximum absolute atomic E-state index is 12.3. The topological polar surface area (TPSA) is 84.7 Å². The number of benzene rings is 2. The summed E-state index contributed by atoms with van der Waals surface area (Å²) in [6.07, 6.45) is 0.888. The Hall–Kier alpha value is -2.77. The van der Waals surface area contributed by atoms with E-state index in [1.807, 2.05) is 18.2 Å². The average Bonchev–Trinajstić information content (AvgIpc) is 2.72. The maximum Gasteiger partial charge on any atom is 0.273 e. The molecule has 1 aliphatic rings. The van der Waals surface area contributed by atoms with Crippen LogP contribution in [-0.4, -0.2) is 48.5 Å². The summed E-state index contributed by atoms with van der Waals surface area (Å²) < 4.78 is 5.87. The number of morpholine rings is 1. The zero-order chi connectivity index (χ0) is 19.9. The molecule has 1 unspecified atom stereocenters. The van der Waals surface area contributed by atoms with Gasteiger partial charge in [-0.15, -0.1) is 0 Å². The fraction of sp³-hybridized carbons (Fsp3) is 0.381. The van der Waals surface area contributed by atoms with E-state index in [2.05, 4.69) is 22.3 Å². The molecule has 0 saturated carbocycles. The summed E-state index contributed by atoms with van der Waals surface area (Å²) in [5.74, 6) is -0.285. The van der Waals surface area contributed by atoms with Gasteiger partial charge in [0.15, 0.2) is 0 Å². The minimum Gasteiger partial charge on any atom is -0.371 e. The SMILES string of the molecule is Cc1ccc(C(=O)NCCCN2CCOC(c3ccccc3)C2)cc1[N+](=O)[O-]. The van der Waals surface area contributed by atoms with E-state index in [1.165, 1.54) is 11.6 Å². The van der Waals surface area contributed by atoms with E-state index in [-0.39, 0.29) is 17.7 Å². The Morgan fingerprint density at radius 2 is 2.07 bits per heavy atom. The molecule has 1 fully saturated rings. The van der Waals surface area contributed by atoms with Gasteiger partial charge in [0.2, 0.25) is 0 Å². The van der Waals surface area contributed by atoms with Gasteiger partial charge in [-0.1, -0.05) is 36.4 Å². The number of hydrogen-bond acceptors (Lipinski definition) is 5. The lowest BCUT2D eigenvalue weighted by Crippen LogP contribution is -2.39. The third-order valence-corrected chi connectivity index (χ3v) is 4.93. The highest BCUT2D eigenvalue weighted by Crippen LogP contribution is 2.22. The summed E-state index contributed by atoms with van der Waals surface area (Å²) in [7, 11) is 0. The van der Waals surface area contributed by atoms with Crippen LogP contribution in [0.5, 0.6) is 0 Å². The summed E-state index contributed by atoms with van der Waals surface area (Å²) >= 11 is 0. The molecule has 1 saturated heterocycles. The number of carbonyl (C=O) groups is 1. The first kappa shape index (κ1) is 20.0. The molecule has 2 aromatic carbocycles. The van der Waals surface area contributed by atoms with Gasteiger partial charge < -0.3 is 10.1 Å². The first-order chi connectivity index (χ1) is 13.5. The van der Waals surface area contributed by atoms with Crippen LogP contribution in [0.25, 0.3) is 0 Å². The quantitative estimate of drug-likeness (QED) is 0.451. The molecule has 148 valence electrons. The third kappa shape index (κ3) is 5.15. The lowest BCUT2D eigenvalue weighted by atomic mass is 10.1. The first-order valence-corrected chi connectivity index (χ1v) is 9.47. The Kier molecular flexibility index (Phi) is 6.73. The predicted octanol–water partition coefficient (Wildman–Crippen LogP) is 3.10. The fourth-order valence-electron chi connectivity index (χ4n) is 3.33. The van der Waals surface area contributed by atoms with Crippen molar-refractivity contribution in [3.05, 3.63) is 75.3 Å². The van der Waals surface area contributed by atoms with Crippen LogP contribution in [0.4, 0.5) is 5.69 Å². The lowest BCUT2D eigenvalue weighted by molar-refractivity contribution is -0.385. The van der Waals surface area contributed by atoms with Crippen LogP contribution >= 0.6 is 0 Å². The Morgan fingerprint density at radius 1 is 1.29 bits per heavy atom. The van der Waals surface area contributed by atoms with Crippen LogP contribution in [0.1, 0.15) is 34.0 Å².